The van der Waals surface area contributed by atoms with E-state index in [0.717, 1.165) is 12.1 Å². The lowest BCUT2D eigenvalue weighted by atomic mass is 10.0. The van der Waals surface area contributed by atoms with E-state index in [9.17, 15) is 30.6 Å². The molecule has 0 saturated carbocycles. The number of phenols is 1. The SMILES string of the molecule is N#C/C(=C/c1cc([N+](=O)[O-])cc(Br)c1O)c1ccc([N+](=O)[O-])cc1. The Morgan fingerprint density at radius 2 is 1.71 bits per heavy atom. The first-order valence-electron chi connectivity index (χ1n) is 6.37. The van der Waals surface area contributed by atoms with Crippen LogP contribution in [0.5, 0.6) is 5.75 Å². The highest BCUT2D eigenvalue weighted by Gasteiger charge is 2.15. The number of nitro benzene ring substituents is 2. The van der Waals surface area contributed by atoms with Crippen molar-refractivity contribution >= 4 is 39.0 Å². The quantitative estimate of drug-likeness (QED) is 0.363. The second-order valence-corrected chi connectivity index (χ2v) is 5.45. The maximum Gasteiger partial charge on any atom is 0.271 e. The molecule has 0 fully saturated rings. The van der Waals surface area contributed by atoms with Gasteiger partial charge in [0.2, 0.25) is 0 Å². The summed E-state index contributed by atoms with van der Waals surface area (Å²) in [5.41, 5.74) is 0.160. The molecule has 0 aliphatic carbocycles. The van der Waals surface area contributed by atoms with Crippen LogP contribution >= 0.6 is 15.9 Å². The van der Waals surface area contributed by atoms with Crippen molar-refractivity contribution in [2.75, 3.05) is 0 Å². The summed E-state index contributed by atoms with van der Waals surface area (Å²) in [6, 6.07) is 9.43. The van der Waals surface area contributed by atoms with Gasteiger partial charge in [0.05, 0.1) is 26.0 Å². The van der Waals surface area contributed by atoms with Gasteiger partial charge >= 0.3 is 0 Å². The molecule has 2 rings (SSSR count). The minimum Gasteiger partial charge on any atom is -0.506 e. The molecule has 0 unspecified atom stereocenters. The number of benzene rings is 2. The van der Waals surface area contributed by atoms with Crippen LogP contribution in [0.25, 0.3) is 11.6 Å². The second-order valence-electron chi connectivity index (χ2n) is 4.60. The monoisotopic (exact) mass is 389 g/mol. The fourth-order valence-corrected chi connectivity index (χ4v) is 2.38. The Morgan fingerprint density at radius 3 is 2.21 bits per heavy atom. The zero-order chi connectivity index (χ0) is 17.9. The van der Waals surface area contributed by atoms with Crippen molar-refractivity contribution in [3.63, 3.8) is 0 Å². The van der Waals surface area contributed by atoms with E-state index >= 15 is 0 Å². The largest absolute Gasteiger partial charge is 0.506 e. The van der Waals surface area contributed by atoms with Crippen molar-refractivity contribution in [2.24, 2.45) is 0 Å². The van der Waals surface area contributed by atoms with Gasteiger partial charge in [-0.3, -0.25) is 20.2 Å². The predicted molar refractivity (Wildman–Crippen MR) is 89.0 cm³/mol. The summed E-state index contributed by atoms with van der Waals surface area (Å²) in [5, 5.41) is 40.8. The number of hydrogen-bond acceptors (Lipinski definition) is 6. The van der Waals surface area contributed by atoms with Gasteiger partial charge in [-0.2, -0.15) is 5.26 Å². The molecule has 9 heteroatoms. The van der Waals surface area contributed by atoms with Crippen LogP contribution in [-0.2, 0) is 0 Å². The van der Waals surface area contributed by atoms with E-state index in [-0.39, 0.29) is 32.7 Å². The number of hydrogen-bond donors (Lipinski definition) is 1. The molecule has 2 aromatic rings. The first kappa shape index (κ1) is 17.1. The molecule has 8 nitrogen and oxygen atoms in total. The molecule has 0 amide bonds. The Labute approximate surface area is 143 Å². The number of rotatable bonds is 4. The van der Waals surface area contributed by atoms with Gasteiger partial charge in [0.25, 0.3) is 11.4 Å². The van der Waals surface area contributed by atoms with Crippen LogP contribution in [0, 0.1) is 31.6 Å². The van der Waals surface area contributed by atoms with Gasteiger partial charge in [0, 0.05) is 29.8 Å². The third-order valence-corrected chi connectivity index (χ3v) is 3.70. The van der Waals surface area contributed by atoms with Crippen molar-refractivity contribution in [2.45, 2.75) is 0 Å². The Bertz CT molecular complexity index is 901. The lowest BCUT2D eigenvalue weighted by Crippen LogP contribution is -1.91. The number of aromatic hydroxyl groups is 1. The highest BCUT2D eigenvalue weighted by molar-refractivity contribution is 9.10. The summed E-state index contributed by atoms with van der Waals surface area (Å²) < 4.78 is 0.115. The maximum absolute atomic E-state index is 10.9. The summed E-state index contributed by atoms with van der Waals surface area (Å²) in [6.45, 7) is 0. The molecule has 1 N–H and O–H groups in total. The van der Waals surface area contributed by atoms with Gasteiger partial charge in [-0.05, 0) is 39.7 Å². The third kappa shape index (κ3) is 3.56. The van der Waals surface area contributed by atoms with Gasteiger partial charge in [-0.15, -0.1) is 0 Å². The van der Waals surface area contributed by atoms with Gasteiger partial charge < -0.3 is 5.11 Å². The average molecular weight is 390 g/mol. The molecule has 24 heavy (non-hydrogen) atoms. The predicted octanol–water partition coefficient (Wildman–Crippen LogP) is 4.04. The van der Waals surface area contributed by atoms with Crippen LogP contribution in [0.4, 0.5) is 11.4 Å². The van der Waals surface area contributed by atoms with Crippen LogP contribution in [0.3, 0.4) is 0 Å². The first-order chi connectivity index (χ1) is 11.3. The summed E-state index contributed by atoms with van der Waals surface area (Å²) in [7, 11) is 0. The molecule has 0 saturated heterocycles. The van der Waals surface area contributed by atoms with E-state index in [1.165, 1.54) is 30.3 Å². The molecule has 0 aliphatic rings. The van der Waals surface area contributed by atoms with E-state index in [1.54, 1.807) is 0 Å². The van der Waals surface area contributed by atoms with Crippen molar-refractivity contribution in [1.82, 2.24) is 0 Å². The minimum absolute atomic E-state index is 0.0750. The van der Waals surface area contributed by atoms with Crippen LogP contribution in [0.1, 0.15) is 11.1 Å². The van der Waals surface area contributed by atoms with Gasteiger partial charge in [0.15, 0.2) is 0 Å². The summed E-state index contributed by atoms with van der Waals surface area (Å²) >= 11 is 3.02. The number of allylic oxidation sites excluding steroid dienone is 1. The number of non-ortho nitro benzene ring substituents is 2. The molecule has 2 aromatic carbocycles. The van der Waals surface area contributed by atoms with Gasteiger partial charge in [0.1, 0.15) is 5.75 Å². The molecule has 0 heterocycles. The normalized spacial score (nSPS) is 10.9. The van der Waals surface area contributed by atoms with E-state index in [1.807, 2.05) is 6.07 Å². The Hall–Kier alpha value is -3.25. The number of nitro groups is 2. The minimum atomic E-state index is -0.626. The summed E-state index contributed by atoms with van der Waals surface area (Å²) in [5.74, 6) is -0.254. The zero-order valence-electron chi connectivity index (χ0n) is 11.8. The van der Waals surface area contributed by atoms with Crippen LogP contribution < -0.4 is 0 Å². The molecule has 0 aromatic heterocycles. The molecule has 120 valence electrons. The van der Waals surface area contributed by atoms with Crippen molar-refractivity contribution in [3.05, 3.63) is 72.2 Å². The van der Waals surface area contributed by atoms with Crippen LogP contribution in [0.2, 0.25) is 0 Å². The number of halogens is 1. The first-order valence-corrected chi connectivity index (χ1v) is 7.16. The van der Waals surface area contributed by atoms with Gasteiger partial charge in [-0.1, -0.05) is 0 Å². The summed E-state index contributed by atoms with van der Waals surface area (Å²) in [4.78, 5) is 20.4. The fraction of sp³-hybridized carbons (Fsp3) is 0. The van der Waals surface area contributed by atoms with E-state index in [0.29, 0.717) is 5.56 Å². The Balaban J connectivity index is 2.53. The fourth-order valence-electron chi connectivity index (χ4n) is 1.92. The second kappa shape index (κ2) is 6.89. The molecule has 0 atom stereocenters. The molecular formula is C15H8BrN3O5. The van der Waals surface area contributed by atoms with Crippen molar-refractivity contribution < 1.29 is 15.0 Å². The summed E-state index contributed by atoms with van der Waals surface area (Å²) in [6.07, 6.45) is 1.27. The van der Waals surface area contributed by atoms with E-state index < -0.39 is 9.85 Å². The number of nitriles is 1. The lowest BCUT2D eigenvalue weighted by molar-refractivity contribution is -0.385. The van der Waals surface area contributed by atoms with Gasteiger partial charge in [-0.25, -0.2) is 0 Å². The molecule has 0 spiro atoms. The van der Waals surface area contributed by atoms with Crippen LogP contribution in [0.15, 0.2) is 40.9 Å². The average Bonchev–Trinajstić information content (AvgIpc) is 2.56. The molecule has 0 radical (unpaired) electrons. The number of nitrogens with zero attached hydrogens (tertiary/aromatic N) is 3. The Morgan fingerprint density at radius 1 is 1.12 bits per heavy atom. The highest BCUT2D eigenvalue weighted by atomic mass is 79.9. The smallest absolute Gasteiger partial charge is 0.271 e. The standard InChI is InChI=1S/C15H8BrN3O5/c16-14-7-13(19(23)24)6-10(15(14)20)5-11(8-17)9-1-3-12(4-2-9)18(21)22/h1-7,20H/b11-5-. The zero-order valence-corrected chi connectivity index (χ0v) is 13.4. The molecule has 0 bridgehead atoms. The van der Waals surface area contributed by atoms with E-state index in [4.69, 9.17) is 0 Å². The van der Waals surface area contributed by atoms with E-state index in [2.05, 4.69) is 15.9 Å². The van der Waals surface area contributed by atoms with Crippen LogP contribution in [-0.4, -0.2) is 15.0 Å². The maximum atomic E-state index is 10.9. The number of phenolic OH excluding ortho intramolecular Hbond substituents is 1. The third-order valence-electron chi connectivity index (χ3n) is 3.10. The lowest BCUT2D eigenvalue weighted by Gasteiger charge is -2.04. The molecule has 0 aliphatic heterocycles. The topological polar surface area (TPSA) is 130 Å². The van der Waals surface area contributed by atoms with Crippen molar-refractivity contribution in [1.29, 1.82) is 5.26 Å². The van der Waals surface area contributed by atoms with Crippen molar-refractivity contribution in [3.8, 4) is 11.8 Å². The highest BCUT2D eigenvalue weighted by Crippen LogP contribution is 2.35. The molecular weight excluding hydrogens is 382 g/mol. The Kier molecular flexibility index (Phi) is 4.91.